The highest BCUT2D eigenvalue weighted by Gasteiger charge is 2.40. The highest BCUT2D eigenvalue weighted by Crippen LogP contribution is 2.33. The van der Waals surface area contributed by atoms with E-state index in [9.17, 15) is 19.2 Å². The first kappa shape index (κ1) is 35.6. The topological polar surface area (TPSA) is 146 Å². The van der Waals surface area contributed by atoms with Gasteiger partial charge in [-0.1, -0.05) is 23.7 Å². The number of benzene rings is 2. The number of hydrogen-bond acceptors (Lipinski definition) is 9. The molecule has 0 fully saturated rings. The fraction of sp³-hybridized carbons (Fsp3) is 0.471. The molecule has 47 heavy (non-hydrogen) atoms. The van der Waals surface area contributed by atoms with E-state index in [0.29, 0.717) is 59.8 Å². The van der Waals surface area contributed by atoms with E-state index in [1.807, 2.05) is 12.1 Å². The summed E-state index contributed by atoms with van der Waals surface area (Å²) < 4.78 is 27.7. The molecule has 254 valence electrons. The number of nitrogens with zero attached hydrogens (tertiary/aromatic N) is 1. The zero-order chi connectivity index (χ0) is 33.8. The second kappa shape index (κ2) is 17.0. The molecule has 1 unspecified atom stereocenters. The quantitative estimate of drug-likeness (QED) is 0.354. The lowest BCUT2D eigenvalue weighted by Gasteiger charge is -2.32. The number of amides is 3. The average Bonchev–Trinajstić information content (AvgIpc) is 3.49. The van der Waals surface area contributed by atoms with Gasteiger partial charge in [0.25, 0.3) is 11.8 Å². The molecule has 13 heteroatoms. The number of halogens is 1. The third-order valence-corrected chi connectivity index (χ3v) is 8.19. The van der Waals surface area contributed by atoms with Crippen molar-refractivity contribution >= 4 is 46.3 Å². The minimum atomic E-state index is -1.09. The molecule has 0 spiro atoms. The maximum atomic E-state index is 13.7. The molecule has 0 saturated heterocycles. The van der Waals surface area contributed by atoms with Crippen LogP contribution in [0.15, 0.2) is 46.9 Å². The molecule has 0 aliphatic carbocycles. The Hall–Kier alpha value is -4.29. The van der Waals surface area contributed by atoms with Gasteiger partial charge in [-0.3, -0.25) is 19.2 Å². The van der Waals surface area contributed by atoms with Crippen LogP contribution in [0.2, 0.25) is 5.02 Å². The van der Waals surface area contributed by atoms with Crippen LogP contribution in [0.5, 0.6) is 11.5 Å². The summed E-state index contributed by atoms with van der Waals surface area (Å²) in [5.41, 5.74) is 0.139. The molecule has 1 atom stereocenters. The van der Waals surface area contributed by atoms with E-state index in [-0.39, 0.29) is 69.2 Å². The lowest BCUT2D eigenvalue weighted by molar-refractivity contribution is -0.156. The minimum absolute atomic E-state index is 0.0402. The normalized spacial score (nSPS) is 18.6. The number of hydrogen-bond donors (Lipinski definition) is 2. The third-order valence-electron chi connectivity index (χ3n) is 7.98. The molecular weight excluding hydrogens is 630 g/mol. The van der Waals surface area contributed by atoms with Crippen molar-refractivity contribution in [2.24, 2.45) is 5.41 Å². The SMILES string of the molecule is CCOC(=O)C1(CCOC)CNC(=O)CCCN(C(=O)c2cc3cc(Cl)cc(OC)c3o2)CCCNC(=O)COc2ccc(cc2)C1. The number of methoxy groups -OCH3 is 2. The van der Waals surface area contributed by atoms with Crippen LogP contribution in [0, 0.1) is 5.41 Å². The predicted molar refractivity (Wildman–Crippen MR) is 175 cm³/mol. The lowest BCUT2D eigenvalue weighted by atomic mass is 9.78. The van der Waals surface area contributed by atoms with E-state index in [1.165, 1.54) is 7.11 Å². The number of furan rings is 1. The van der Waals surface area contributed by atoms with Crippen LogP contribution in [0.4, 0.5) is 0 Å². The Morgan fingerprint density at radius 1 is 1.02 bits per heavy atom. The molecule has 3 aromatic rings. The van der Waals surface area contributed by atoms with Gasteiger partial charge in [0.15, 0.2) is 23.7 Å². The summed E-state index contributed by atoms with van der Waals surface area (Å²) in [4.78, 5) is 54.2. The molecule has 5 rings (SSSR count). The largest absolute Gasteiger partial charge is 0.493 e. The first-order valence-electron chi connectivity index (χ1n) is 15.7. The fourth-order valence-electron chi connectivity index (χ4n) is 5.46. The van der Waals surface area contributed by atoms with E-state index >= 15 is 0 Å². The third kappa shape index (κ3) is 9.61. The number of carbonyl (C=O) groups excluding carboxylic acids is 4. The number of ether oxygens (including phenoxy) is 4. The molecule has 1 aromatic heterocycles. The molecule has 3 amide bonds. The van der Waals surface area contributed by atoms with Gasteiger partial charge in [-0.05, 0) is 62.4 Å². The Morgan fingerprint density at radius 2 is 1.79 bits per heavy atom. The van der Waals surface area contributed by atoms with Gasteiger partial charge in [0.2, 0.25) is 5.91 Å². The first-order valence-corrected chi connectivity index (χ1v) is 16.0. The van der Waals surface area contributed by atoms with Crippen molar-refractivity contribution in [3.8, 4) is 11.5 Å². The summed E-state index contributed by atoms with van der Waals surface area (Å²) in [6.07, 6.45) is 1.51. The van der Waals surface area contributed by atoms with Crippen molar-refractivity contribution in [1.29, 1.82) is 0 Å². The smallest absolute Gasteiger partial charge is 0.314 e. The summed E-state index contributed by atoms with van der Waals surface area (Å²) in [6.45, 7) is 2.91. The number of fused-ring (bicyclic) bond motifs is 18. The van der Waals surface area contributed by atoms with Crippen molar-refractivity contribution < 1.29 is 42.5 Å². The van der Waals surface area contributed by atoms with E-state index in [4.69, 9.17) is 35.0 Å². The Kier molecular flexibility index (Phi) is 12.9. The highest BCUT2D eigenvalue weighted by molar-refractivity contribution is 6.31. The summed E-state index contributed by atoms with van der Waals surface area (Å²) in [7, 11) is 3.04. The van der Waals surface area contributed by atoms with Crippen LogP contribution in [0.25, 0.3) is 11.0 Å². The zero-order valence-electron chi connectivity index (χ0n) is 27.0. The molecule has 2 bridgehead atoms. The molecule has 2 aliphatic heterocycles. The molecular formula is C34H42ClN3O9. The van der Waals surface area contributed by atoms with E-state index in [1.54, 1.807) is 49.3 Å². The predicted octanol–water partition coefficient (Wildman–Crippen LogP) is 4.16. The van der Waals surface area contributed by atoms with Gasteiger partial charge >= 0.3 is 5.97 Å². The van der Waals surface area contributed by atoms with Crippen LogP contribution in [0.1, 0.15) is 48.7 Å². The van der Waals surface area contributed by atoms with E-state index in [2.05, 4.69) is 10.6 Å². The lowest BCUT2D eigenvalue weighted by Crippen LogP contribution is -2.46. The Bertz CT molecular complexity index is 1540. The molecule has 2 aromatic carbocycles. The minimum Gasteiger partial charge on any atom is -0.493 e. The number of nitrogens with one attached hydrogen (secondary N) is 2. The molecule has 2 aliphatic rings. The molecule has 12 nitrogen and oxygen atoms in total. The van der Waals surface area contributed by atoms with Gasteiger partial charge in [-0.15, -0.1) is 0 Å². The van der Waals surface area contributed by atoms with Crippen molar-refractivity contribution in [3.05, 3.63) is 58.8 Å². The Labute approximate surface area is 279 Å². The van der Waals surface area contributed by atoms with Gasteiger partial charge in [0.1, 0.15) is 5.75 Å². The first-order chi connectivity index (χ1) is 22.7. The number of carbonyl (C=O) groups is 4. The van der Waals surface area contributed by atoms with Crippen LogP contribution in [0.3, 0.4) is 0 Å². The van der Waals surface area contributed by atoms with Crippen LogP contribution in [-0.4, -0.2) is 88.8 Å². The van der Waals surface area contributed by atoms with Crippen molar-refractivity contribution in [1.82, 2.24) is 15.5 Å². The summed E-state index contributed by atoms with van der Waals surface area (Å²) in [5, 5.41) is 6.81. The van der Waals surface area contributed by atoms with Gasteiger partial charge in [0, 0.05) is 62.8 Å². The standard InChI is InChI=1S/C34H42ClN3O9/c1-4-45-33(42)34(12-16-43-2)20-23-8-10-26(11-9-23)46-21-30(40)36-13-6-15-38(14-5-7-29(39)37-22-34)32(41)28-18-24-17-25(35)19-27(44-3)31(24)47-28/h8-11,17-19H,4-7,12-16,20-22H2,1-3H3,(H,36,40)(H,37,39). The monoisotopic (exact) mass is 671 g/mol. The molecule has 0 saturated carbocycles. The molecule has 3 heterocycles. The summed E-state index contributed by atoms with van der Waals surface area (Å²) >= 11 is 6.21. The highest BCUT2D eigenvalue weighted by atomic mass is 35.5. The summed E-state index contributed by atoms with van der Waals surface area (Å²) in [6, 6.07) is 12.0. The van der Waals surface area contributed by atoms with Crippen molar-refractivity contribution in [3.63, 3.8) is 0 Å². The van der Waals surface area contributed by atoms with Crippen LogP contribution < -0.4 is 20.1 Å². The number of esters is 1. The summed E-state index contributed by atoms with van der Waals surface area (Å²) in [5.74, 6) is -0.389. The van der Waals surface area contributed by atoms with Crippen LogP contribution >= 0.6 is 11.6 Å². The van der Waals surface area contributed by atoms with Gasteiger partial charge < -0.3 is 38.9 Å². The van der Waals surface area contributed by atoms with Crippen LogP contribution in [-0.2, 0) is 30.3 Å². The Morgan fingerprint density at radius 3 is 2.51 bits per heavy atom. The van der Waals surface area contributed by atoms with Gasteiger partial charge in [-0.2, -0.15) is 0 Å². The fourth-order valence-corrected chi connectivity index (χ4v) is 5.68. The zero-order valence-corrected chi connectivity index (χ0v) is 27.8. The van der Waals surface area contributed by atoms with E-state index < -0.39 is 11.4 Å². The average molecular weight is 672 g/mol. The number of rotatable bonds is 7. The van der Waals surface area contributed by atoms with Gasteiger partial charge in [0.05, 0.1) is 19.1 Å². The van der Waals surface area contributed by atoms with Crippen molar-refractivity contribution in [2.45, 2.75) is 39.0 Å². The Balaban J connectivity index is 1.56. The van der Waals surface area contributed by atoms with E-state index in [0.717, 1.165) is 5.56 Å². The second-order valence-corrected chi connectivity index (χ2v) is 11.8. The molecule has 0 radical (unpaired) electrons. The molecule has 2 N–H and O–H groups in total. The van der Waals surface area contributed by atoms with Crippen molar-refractivity contribution in [2.75, 3.05) is 60.2 Å². The second-order valence-electron chi connectivity index (χ2n) is 11.4. The van der Waals surface area contributed by atoms with Gasteiger partial charge in [-0.25, -0.2) is 0 Å². The maximum absolute atomic E-state index is 13.7. The maximum Gasteiger partial charge on any atom is 0.314 e.